The number of carbonyl (C=O) groups is 1. The summed E-state index contributed by atoms with van der Waals surface area (Å²) in [5.74, 6) is -0.843. The van der Waals surface area contributed by atoms with E-state index in [1.54, 1.807) is 13.2 Å². The van der Waals surface area contributed by atoms with Crippen molar-refractivity contribution < 1.29 is 14.6 Å². The van der Waals surface area contributed by atoms with Gasteiger partial charge in [-0.1, -0.05) is 37.3 Å². The second kappa shape index (κ2) is 8.45. The molecule has 0 radical (unpaired) electrons. The van der Waals surface area contributed by atoms with Gasteiger partial charge in [0.05, 0.1) is 6.61 Å². The molecular formula is C15H21NO3. The first-order valence-electron chi connectivity index (χ1n) is 6.37. The lowest BCUT2D eigenvalue weighted by molar-refractivity contribution is -0.132. The summed E-state index contributed by atoms with van der Waals surface area (Å²) in [7, 11) is 1.67. The number of benzene rings is 1. The Morgan fingerprint density at radius 2 is 2.05 bits per heavy atom. The van der Waals surface area contributed by atoms with Crippen molar-refractivity contribution >= 4 is 5.97 Å². The van der Waals surface area contributed by atoms with Gasteiger partial charge in [-0.2, -0.15) is 0 Å². The number of aliphatic carboxylic acids is 1. The highest BCUT2D eigenvalue weighted by Crippen LogP contribution is 2.09. The topological polar surface area (TPSA) is 58.6 Å². The molecule has 0 unspecified atom stereocenters. The number of carboxylic acids is 1. The number of rotatable bonds is 8. The molecule has 0 heterocycles. The van der Waals surface area contributed by atoms with Crippen LogP contribution >= 0.6 is 0 Å². The normalized spacial score (nSPS) is 11.6. The van der Waals surface area contributed by atoms with Gasteiger partial charge in [0.2, 0.25) is 0 Å². The summed E-state index contributed by atoms with van der Waals surface area (Å²) >= 11 is 0. The van der Waals surface area contributed by atoms with Crippen molar-refractivity contribution in [2.24, 2.45) is 0 Å². The van der Waals surface area contributed by atoms with Gasteiger partial charge >= 0.3 is 5.97 Å². The maximum absolute atomic E-state index is 10.8. The fraction of sp³-hybridized carbons (Fsp3) is 0.400. The van der Waals surface area contributed by atoms with Crippen molar-refractivity contribution in [2.45, 2.75) is 26.5 Å². The van der Waals surface area contributed by atoms with Gasteiger partial charge in [-0.25, -0.2) is 4.79 Å². The maximum Gasteiger partial charge on any atom is 0.331 e. The standard InChI is InChI=1S/C15H21NO3/c1-3-12(15(17)18)8-9-16-10-13-6-4-5-7-14(13)11-19-2/h4-8,16H,3,9-11H2,1-2H3,(H,17,18)/b12-8-. The Hall–Kier alpha value is -1.65. The number of methoxy groups -OCH3 is 1. The molecule has 0 aliphatic carbocycles. The lowest BCUT2D eigenvalue weighted by Crippen LogP contribution is -2.15. The second-order valence-electron chi connectivity index (χ2n) is 4.22. The van der Waals surface area contributed by atoms with Gasteiger partial charge in [0, 0.05) is 25.8 Å². The van der Waals surface area contributed by atoms with E-state index in [0.29, 0.717) is 31.7 Å². The Bertz CT molecular complexity index is 441. The third kappa shape index (κ3) is 5.24. The SMILES string of the molecule is CC/C(=C/CNCc1ccccc1COC)C(=O)O. The first kappa shape index (κ1) is 15.4. The molecule has 2 N–H and O–H groups in total. The molecule has 0 aromatic heterocycles. The minimum Gasteiger partial charge on any atom is -0.478 e. The van der Waals surface area contributed by atoms with Gasteiger partial charge in [-0.15, -0.1) is 0 Å². The lowest BCUT2D eigenvalue weighted by Gasteiger charge is -2.09. The largest absolute Gasteiger partial charge is 0.478 e. The molecule has 0 aliphatic heterocycles. The molecule has 0 aliphatic rings. The van der Waals surface area contributed by atoms with E-state index >= 15 is 0 Å². The molecule has 0 fully saturated rings. The quantitative estimate of drug-likeness (QED) is 0.558. The number of ether oxygens (including phenoxy) is 1. The first-order chi connectivity index (χ1) is 9.19. The van der Waals surface area contributed by atoms with Crippen LogP contribution in [-0.2, 0) is 22.7 Å². The Morgan fingerprint density at radius 3 is 2.63 bits per heavy atom. The Balaban J connectivity index is 2.51. The molecule has 0 amide bonds. The molecule has 19 heavy (non-hydrogen) atoms. The smallest absolute Gasteiger partial charge is 0.331 e. The fourth-order valence-electron chi connectivity index (χ4n) is 1.81. The minimum atomic E-state index is -0.843. The van der Waals surface area contributed by atoms with E-state index in [9.17, 15) is 4.79 Å². The van der Waals surface area contributed by atoms with Gasteiger partial charge in [-0.3, -0.25) is 0 Å². The summed E-state index contributed by atoms with van der Waals surface area (Å²) in [6.45, 7) is 3.68. The van der Waals surface area contributed by atoms with Crippen molar-refractivity contribution in [3.63, 3.8) is 0 Å². The molecule has 0 bridgehead atoms. The summed E-state index contributed by atoms with van der Waals surface area (Å²) in [5, 5.41) is 12.1. The number of hydrogen-bond acceptors (Lipinski definition) is 3. The van der Waals surface area contributed by atoms with Crippen LogP contribution in [0.25, 0.3) is 0 Å². The van der Waals surface area contributed by atoms with Gasteiger partial charge < -0.3 is 15.2 Å². The molecule has 104 valence electrons. The first-order valence-corrected chi connectivity index (χ1v) is 6.37. The van der Waals surface area contributed by atoms with Crippen LogP contribution in [0.15, 0.2) is 35.9 Å². The summed E-state index contributed by atoms with van der Waals surface area (Å²) in [4.78, 5) is 10.8. The zero-order valence-corrected chi connectivity index (χ0v) is 11.5. The van der Waals surface area contributed by atoms with E-state index in [1.165, 1.54) is 5.56 Å². The van der Waals surface area contributed by atoms with E-state index in [-0.39, 0.29) is 0 Å². The molecule has 0 saturated heterocycles. The van der Waals surface area contributed by atoms with Crippen molar-refractivity contribution in [3.8, 4) is 0 Å². The van der Waals surface area contributed by atoms with Crippen LogP contribution in [0.1, 0.15) is 24.5 Å². The predicted octanol–water partition coefficient (Wildman–Crippen LogP) is 2.34. The maximum atomic E-state index is 10.8. The van der Waals surface area contributed by atoms with Gasteiger partial charge in [-0.05, 0) is 17.5 Å². The molecule has 0 saturated carbocycles. The van der Waals surface area contributed by atoms with Crippen LogP contribution in [0.4, 0.5) is 0 Å². The highest BCUT2D eigenvalue weighted by molar-refractivity contribution is 5.86. The van der Waals surface area contributed by atoms with Crippen molar-refractivity contribution in [3.05, 3.63) is 47.0 Å². The van der Waals surface area contributed by atoms with Gasteiger partial charge in [0.15, 0.2) is 0 Å². The summed E-state index contributed by atoms with van der Waals surface area (Å²) in [5.41, 5.74) is 2.76. The molecule has 1 rings (SSSR count). The van der Waals surface area contributed by atoms with Crippen molar-refractivity contribution in [1.29, 1.82) is 0 Å². The van der Waals surface area contributed by atoms with E-state index in [1.807, 2.05) is 31.2 Å². The molecule has 0 atom stereocenters. The summed E-state index contributed by atoms with van der Waals surface area (Å²) in [6, 6.07) is 8.05. The van der Waals surface area contributed by atoms with Crippen LogP contribution in [0, 0.1) is 0 Å². The summed E-state index contributed by atoms with van der Waals surface area (Å²) < 4.78 is 5.14. The van der Waals surface area contributed by atoms with Crippen LogP contribution < -0.4 is 5.32 Å². The number of nitrogens with one attached hydrogen (secondary N) is 1. The minimum absolute atomic E-state index is 0.442. The molecule has 4 nitrogen and oxygen atoms in total. The fourth-order valence-corrected chi connectivity index (χ4v) is 1.81. The van der Waals surface area contributed by atoms with E-state index < -0.39 is 5.97 Å². The van der Waals surface area contributed by atoms with E-state index in [0.717, 1.165) is 5.56 Å². The Kier molecular flexibility index (Phi) is 6.85. The lowest BCUT2D eigenvalue weighted by atomic mass is 10.1. The summed E-state index contributed by atoms with van der Waals surface area (Å²) in [6.07, 6.45) is 2.26. The molecule has 4 heteroatoms. The molecule has 1 aromatic carbocycles. The monoisotopic (exact) mass is 263 g/mol. The molecule has 1 aromatic rings. The predicted molar refractivity (Wildman–Crippen MR) is 74.9 cm³/mol. The number of carboxylic acid groups (broad SMARTS) is 1. The van der Waals surface area contributed by atoms with Crippen molar-refractivity contribution in [1.82, 2.24) is 5.32 Å². The zero-order chi connectivity index (χ0) is 14.1. The van der Waals surface area contributed by atoms with Crippen LogP contribution in [0.2, 0.25) is 0 Å². The van der Waals surface area contributed by atoms with Crippen LogP contribution in [0.5, 0.6) is 0 Å². The van der Waals surface area contributed by atoms with E-state index in [2.05, 4.69) is 5.32 Å². The van der Waals surface area contributed by atoms with E-state index in [4.69, 9.17) is 9.84 Å². The van der Waals surface area contributed by atoms with Crippen LogP contribution in [0.3, 0.4) is 0 Å². The average molecular weight is 263 g/mol. The average Bonchev–Trinajstić information content (AvgIpc) is 2.40. The zero-order valence-electron chi connectivity index (χ0n) is 11.5. The third-order valence-corrected chi connectivity index (χ3v) is 2.88. The number of hydrogen-bond donors (Lipinski definition) is 2. The van der Waals surface area contributed by atoms with Crippen LogP contribution in [-0.4, -0.2) is 24.7 Å². The Morgan fingerprint density at radius 1 is 1.37 bits per heavy atom. The third-order valence-electron chi connectivity index (χ3n) is 2.88. The highest BCUT2D eigenvalue weighted by Gasteiger charge is 2.03. The van der Waals surface area contributed by atoms with Gasteiger partial charge in [0.25, 0.3) is 0 Å². The molecule has 0 spiro atoms. The highest BCUT2D eigenvalue weighted by atomic mass is 16.5. The molecular weight excluding hydrogens is 242 g/mol. The van der Waals surface area contributed by atoms with Gasteiger partial charge in [0.1, 0.15) is 0 Å². The van der Waals surface area contributed by atoms with Crippen molar-refractivity contribution in [2.75, 3.05) is 13.7 Å². The second-order valence-corrected chi connectivity index (χ2v) is 4.22. The Labute approximate surface area is 114 Å².